The third kappa shape index (κ3) is 5.30. The molecule has 0 saturated heterocycles. The highest BCUT2D eigenvalue weighted by atomic mass is 16.6. The molecule has 0 aliphatic heterocycles. The van der Waals surface area contributed by atoms with E-state index in [1.165, 1.54) is 10.8 Å². The Kier molecular flexibility index (Phi) is 7.13. The fourth-order valence-electron chi connectivity index (χ4n) is 2.47. The topological polar surface area (TPSA) is 85.8 Å². The number of rotatable bonds is 10. The Labute approximate surface area is 153 Å². The first kappa shape index (κ1) is 19.4. The van der Waals surface area contributed by atoms with E-state index in [-0.39, 0.29) is 12.4 Å². The number of aromatic nitrogens is 2. The monoisotopic (exact) mass is 359 g/mol. The molecule has 26 heavy (non-hydrogen) atoms. The maximum absolute atomic E-state index is 10.8. The van der Waals surface area contributed by atoms with Crippen molar-refractivity contribution in [2.75, 3.05) is 13.1 Å². The van der Waals surface area contributed by atoms with E-state index in [9.17, 15) is 10.1 Å². The van der Waals surface area contributed by atoms with Gasteiger partial charge < -0.3 is 19.8 Å². The van der Waals surface area contributed by atoms with Crippen molar-refractivity contribution < 1.29 is 9.66 Å². The number of hydrogen-bond acceptors (Lipinski definition) is 5. The van der Waals surface area contributed by atoms with Crippen molar-refractivity contribution in [3.8, 4) is 5.75 Å². The maximum Gasteiger partial charge on any atom is 0.342 e. The minimum absolute atomic E-state index is 0.0583. The number of nitrogens with zero attached hydrogens (tertiary/aromatic N) is 5. The molecule has 8 heteroatoms. The Morgan fingerprint density at radius 3 is 2.46 bits per heavy atom. The van der Waals surface area contributed by atoms with Crippen molar-refractivity contribution in [3.05, 3.63) is 46.4 Å². The minimum Gasteiger partial charge on any atom is -0.483 e. The maximum atomic E-state index is 10.8. The number of nitro groups is 1. The van der Waals surface area contributed by atoms with E-state index < -0.39 is 4.92 Å². The lowest BCUT2D eigenvalue weighted by atomic mass is 10.3. The Morgan fingerprint density at radius 1 is 1.27 bits per heavy atom. The lowest BCUT2D eigenvalue weighted by molar-refractivity contribution is -0.391. The standard InChI is InChI=1S/C18H25N5O3/c1-4-10-22(11-5-2)14-20-15-6-8-16(9-7-15)26-13-17-19-12-18(21(17)3)23(24)25/h6-9,12,14H,4-5,10-11,13H2,1-3H3. The third-order valence-electron chi connectivity index (χ3n) is 3.84. The first-order valence-corrected chi connectivity index (χ1v) is 8.71. The molecule has 2 rings (SSSR count). The zero-order valence-electron chi connectivity index (χ0n) is 15.5. The van der Waals surface area contributed by atoms with Crippen LogP contribution in [0, 0.1) is 10.1 Å². The molecular formula is C18H25N5O3. The highest BCUT2D eigenvalue weighted by Gasteiger charge is 2.16. The summed E-state index contributed by atoms with van der Waals surface area (Å²) in [5.41, 5.74) is 0.849. The first-order valence-electron chi connectivity index (χ1n) is 8.71. The second-order valence-corrected chi connectivity index (χ2v) is 5.91. The molecule has 0 atom stereocenters. The molecule has 8 nitrogen and oxygen atoms in total. The summed E-state index contributed by atoms with van der Waals surface area (Å²) in [6, 6.07) is 7.41. The number of ether oxygens (including phenoxy) is 1. The van der Waals surface area contributed by atoms with Crippen LogP contribution in [-0.2, 0) is 13.7 Å². The average molecular weight is 359 g/mol. The van der Waals surface area contributed by atoms with Gasteiger partial charge in [-0.25, -0.2) is 14.5 Å². The van der Waals surface area contributed by atoms with Crippen molar-refractivity contribution >= 4 is 17.8 Å². The van der Waals surface area contributed by atoms with Crippen LogP contribution in [0.3, 0.4) is 0 Å². The number of benzene rings is 1. The average Bonchev–Trinajstić information content (AvgIpc) is 3.00. The van der Waals surface area contributed by atoms with E-state index in [4.69, 9.17) is 4.74 Å². The minimum atomic E-state index is -0.469. The van der Waals surface area contributed by atoms with E-state index in [0.29, 0.717) is 11.6 Å². The zero-order valence-corrected chi connectivity index (χ0v) is 15.5. The van der Waals surface area contributed by atoms with Gasteiger partial charge in [-0.15, -0.1) is 0 Å². The van der Waals surface area contributed by atoms with Gasteiger partial charge in [-0.1, -0.05) is 13.8 Å². The summed E-state index contributed by atoms with van der Waals surface area (Å²) in [5, 5.41) is 10.8. The Morgan fingerprint density at radius 2 is 1.92 bits per heavy atom. The van der Waals surface area contributed by atoms with E-state index in [0.717, 1.165) is 31.6 Å². The molecule has 0 saturated carbocycles. The predicted molar refractivity (Wildman–Crippen MR) is 101 cm³/mol. The summed E-state index contributed by atoms with van der Waals surface area (Å²) in [5.74, 6) is 1.10. The molecule has 0 N–H and O–H groups in total. The van der Waals surface area contributed by atoms with Crippen molar-refractivity contribution in [3.63, 3.8) is 0 Å². The summed E-state index contributed by atoms with van der Waals surface area (Å²) >= 11 is 0. The molecular weight excluding hydrogens is 334 g/mol. The molecule has 0 fully saturated rings. The lowest BCUT2D eigenvalue weighted by Crippen LogP contribution is -2.23. The van der Waals surface area contributed by atoms with Crippen LogP contribution in [-0.4, -0.2) is 38.8 Å². The number of aliphatic imine (C=N–C) groups is 1. The molecule has 0 radical (unpaired) electrons. The van der Waals surface area contributed by atoms with Gasteiger partial charge in [0.05, 0.1) is 19.1 Å². The van der Waals surface area contributed by atoms with Crippen LogP contribution in [0.4, 0.5) is 11.5 Å². The van der Waals surface area contributed by atoms with Crippen molar-refractivity contribution in [1.82, 2.24) is 14.5 Å². The molecule has 0 aliphatic carbocycles. The molecule has 0 spiro atoms. The summed E-state index contributed by atoms with van der Waals surface area (Å²) in [6.45, 7) is 6.45. The van der Waals surface area contributed by atoms with Gasteiger partial charge in [0.25, 0.3) is 0 Å². The third-order valence-corrected chi connectivity index (χ3v) is 3.84. The van der Waals surface area contributed by atoms with Gasteiger partial charge in [-0.3, -0.25) is 0 Å². The number of hydrogen-bond donors (Lipinski definition) is 0. The van der Waals surface area contributed by atoms with Crippen LogP contribution in [0.2, 0.25) is 0 Å². The summed E-state index contributed by atoms with van der Waals surface area (Å²) in [4.78, 5) is 21.1. The normalized spacial score (nSPS) is 11.0. The summed E-state index contributed by atoms with van der Waals surface area (Å²) < 4.78 is 7.07. The molecule has 0 amide bonds. The van der Waals surface area contributed by atoms with Gasteiger partial charge in [0.15, 0.2) is 6.61 Å². The van der Waals surface area contributed by atoms with Crippen LogP contribution >= 0.6 is 0 Å². The van der Waals surface area contributed by atoms with Crippen molar-refractivity contribution in [1.29, 1.82) is 0 Å². The first-order chi connectivity index (χ1) is 12.5. The lowest BCUT2D eigenvalue weighted by Gasteiger charge is -2.17. The van der Waals surface area contributed by atoms with Crippen LogP contribution in [0.1, 0.15) is 32.5 Å². The second-order valence-electron chi connectivity index (χ2n) is 5.91. The Balaban J connectivity index is 1.94. The van der Waals surface area contributed by atoms with E-state index in [2.05, 4.69) is 28.7 Å². The molecule has 0 bridgehead atoms. The number of imidazole rings is 1. The van der Waals surface area contributed by atoms with Crippen molar-refractivity contribution in [2.24, 2.45) is 12.0 Å². The van der Waals surface area contributed by atoms with Gasteiger partial charge in [-0.05, 0) is 42.0 Å². The molecule has 1 aromatic heterocycles. The van der Waals surface area contributed by atoms with Gasteiger partial charge >= 0.3 is 5.82 Å². The summed E-state index contributed by atoms with van der Waals surface area (Å²) in [6.07, 6.45) is 5.29. The molecule has 1 aromatic carbocycles. The van der Waals surface area contributed by atoms with E-state index >= 15 is 0 Å². The Hall–Kier alpha value is -2.90. The smallest absolute Gasteiger partial charge is 0.342 e. The van der Waals surface area contributed by atoms with Crippen LogP contribution in [0.15, 0.2) is 35.5 Å². The molecule has 140 valence electrons. The van der Waals surface area contributed by atoms with Gasteiger partial charge in [0.1, 0.15) is 11.9 Å². The zero-order chi connectivity index (χ0) is 18.9. The Bertz CT molecular complexity index is 734. The van der Waals surface area contributed by atoms with Gasteiger partial charge in [0.2, 0.25) is 5.82 Å². The molecule has 0 aliphatic rings. The SMILES string of the molecule is CCCN(C=Nc1ccc(OCc2ncc([N+](=O)[O-])n2C)cc1)CCC. The van der Waals surface area contributed by atoms with Crippen LogP contribution in [0.5, 0.6) is 5.75 Å². The van der Waals surface area contributed by atoms with E-state index in [1.54, 1.807) is 7.05 Å². The van der Waals surface area contributed by atoms with Crippen LogP contribution in [0.25, 0.3) is 0 Å². The second kappa shape index (κ2) is 9.55. The fraction of sp³-hybridized carbons (Fsp3) is 0.444. The van der Waals surface area contributed by atoms with Gasteiger partial charge in [-0.2, -0.15) is 0 Å². The fourth-order valence-corrected chi connectivity index (χ4v) is 2.47. The highest BCUT2D eigenvalue weighted by Crippen LogP contribution is 2.19. The molecule has 0 unspecified atom stereocenters. The van der Waals surface area contributed by atoms with Gasteiger partial charge in [0, 0.05) is 13.1 Å². The van der Waals surface area contributed by atoms with E-state index in [1.807, 2.05) is 30.6 Å². The predicted octanol–water partition coefficient (Wildman–Crippen LogP) is 3.69. The largest absolute Gasteiger partial charge is 0.483 e. The van der Waals surface area contributed by atoms with Crippen LogP contribution < -0.4 is 4.74 Å². The quantitative estimate of drug-likeness (QED) is 0.279. The summed E-state index contributed by atoms with van der Waals surface area (Å²) in [7, 11) is 1.60. The highest BCUT2D eigenvalue weighted by molar-refractivity contribution is 5.61. The molecule has 2 aromatic rings. The van der Waals surface area contributed by atoms with Crippen molar-refractivity contribution in [2.45, 2.75) is 33.3 Å². The molecule has 1 heterocycles.